The van der Waals surface area contributed by atoms with Crippen LogP contribution in [0.4, 0.5) is 8.78 Å². The van der Waals surface area contributed by atoms with Crippen molar-refractivity contribution in [3.05, 3.63) is 28.8 Å². The number of hydrogen-bond acceptors (Lipinski definition) is 5. The number of rotatable bonds is 6. The fraction of sp³-hybridized carbons (Fsp3) is 0.308. The van der Waals surface area contributed by atoms with Crippen LogP contribution in [0, 0.1) is 11.3 Å². The minimum absolute atomic E-state index is 0.00676. The normalized spacial score (nSPS) is 9.95. The second-order valence-corrected chi connectivity index (χ2v) is 3.64. The van der Waals surface area contributed by atoms with E-state index < -0.39 is 18.3 Å². The predicted octanol–water partition coefficient (Wildman–Crippen LogP) is 2.08. The van der Waals surface area contributed by atoms with Gasteiger partial charge in [0.2, 0.25) is 0 Å². The van der Waals surface area contributed by atoms with Gasteiger partial charge in [-0.3, -0.25) is 9.59 Å². The molecular formula is C13H11F2NO4. The van der Waals surface area contributed by atoms with Crippen LogP contribution in [-0.2, 0) is 16.0 Å². The van der Waals surface area contributed by atoms with Crippen molar-refractivity contribution in [3.8, 4) is 11.8 Å². The Morgan fingerprint density at radius 1 is 1.50 bits per heavy atom. The van der Waals surface area contributed by atoms with E-state index in [1.807, 2.05) is 0 Å². The van der Waals surface area contributed by atoms with Gasteiger partial charge in [0.1, 0.15) is 18.1 Å². The average Bonchev–Trinajstić information content (AvgIpc) is 2.39. The number of hydrogen-bond donors (Lipinski definition) is 0. The maximum atomic E-state index is 12.2. The first-order chi connectivity index (χ1) is 9.51. The van der Waals surface area contributed by atoms with Crippen molar-refractivity contribution in [2.75, 3.05) is 6.61 Å². The third kappa shape index (κ3) is 4.02. The van der Waals surface area contributed by atoms with Crippen LogP contribution in [0.2, 0.25) is 0 Å². The van der Waals surface area contributed by atoms with Gasteiger partial charge in [0.25, 0.3) is 0 Å². The summed E-state index contributed by atoms with van der Waals surface area (Å²) in [4.78, 5) is 22.3. The second kappa shape index (κ2) is 7.19. The maximum Gasteiger partial charge on any atom is 0.387 e. The molecular weight excluding hydrogens is 272 g/mol. The Balaban J connectivity index is 3.16. The molecule has 0 radical (unpaired) electrons. The summed E-state index contributed by atoms with van der Waals surface area (Å²) in [7, 11) is 0. The van der Waals surface area contributed by atoms with Crippen LogP contribution in [-0.4, -0.2) is 25.5 Å². The number of esters is 1. The van der Waals surface area contributed by atoms with Gasteiger partial charge in [0.05, 0.1) is 18.6 Å². The summed E-state index contributed by atoms with van der Waals surface area (Å²) in [5, 5.41) is 8.88. The number of nitrogens with zero attached hydrogens (tertiary/aromatic N) is 1. The molecule has 1 aromatic rings. The first-order valence-electron chi connectivity index (χ1n) is 5.64. The van der Waals surface area contributed by atoms with E-state index in [0.29, 0.717) is 6.29 Å². The van der Waals surface area contributed by atoms with Gasteiger partial charge < -0.3 is 9.47 Å². The third-order valence-corrected chi connectivity index (χ3v) is 2.35. The minimum Gasteiger partial charge on any atom is -0.466 e. The van der Waals surface area contributed by atoms with Gasteiger partial charge in [-0.15, -0.1) is 0 Å². The van der Waals surface area contributed by atoms with Crippen LogP contribution in [0.15, 0.2) is 12.1 Å². The van der Waals surface area contributed by atoms with Gasteiger partial charge in [-0.25, -0.2) is 0 Å². The summed E-state index contributed by atoms with van der Waals surface area (Å²) >= 11 is 0. The largest absolute Gasteiger partial charge is 0.466 e. The summed E-state index contributed by atoms with van der Waals surface area (Å²) in [6, 6.07) is 3.84. The number of carbonyl (C=O) groups excluding carboxylic acids is 2. The zero-order valence-electron chi connectivity index (χ0n) is 10.6. The first-order valence-corrected chi connectivity index (χ1v) is 5.64. The molecule has 0 aliphatic carbocycles. The number of carbonyl (C=O) groups is 2. The highest BCUT2D eigenvalue weighted by Crippen LogP contribution is 2.24. The van der Waals surface area contributed by atoms with Crippen LogP contribution in [0.25, 0.3) is 0 Å². The van der Waals surface area contributed by atoms with Gasteiger partial charge in [0.15, 0.2) is 0 Å². The molecule has 0 aliphatic rings. The van der Waals surface area contributed by atoms with Crippen molar-refractivity contribution in [1.29, 1.82) is 5.26 Å². The van der Waals surface area contributed by atoms with Crippen LogP contribution in [0.3, 0.4) is 0 Å². The van der Waals surface area contributed by atoms with Gasteiger partial charge >= 0.3 is 12.6 Å². The number of alkyl halides is 2. The number of nitriles is 1. The van der Waals surface area contributed by atoms with E-state index in [0.717, 1.165) is 6.07 Å². The van der Waals surface area contributed by atoms with E-state index >= 15 is 0 Å². The van der Waals surface area contributed by atoms with Crippen molar-refractivity contribution in [2.45, 2.75) is 20.0 Å². The summed E-state index contributed by atoms with van der Waals surface area (Å²) in [6.07, 6.45) is 0.166. The molecule has 0 bridgehead atoms. The smallest absolute Gasteiger partial charge is 0.387 e. The summed E-state index contributed by atoms with van der Waals surface area (Å²) < 4.78 is 33.3. The quantitative estimate of drug-likeness (QED) is 0.590. The summed E-state index contributed by atoms with van der Waals surface area (Å²) in [6.45, 7) is -1.32. The molecule has 7 heteroatoms. The highest BCUT2D eigenvalue weighted by molar-refractivity contribution is 5.83. The monoisotopic (exact) mass is 283 g/mol. The molecule has 1 aromatic carbocycles. The Kier molecular flexibility index (Phi) is 5.59. The number of ether oxygens (including phenoxy) is 2. The minimum atomic E-state index is -3.11. The lowest BCUT2D eigenvalue weighted by molar-refractivity contribution is -0.142. The molecule has 0 atom stereocenters. The Morgan fingerprint density at radius 3 is 2.70 bits per heavy atom. The van der Waals surface area contributed by atoms with Crippen LogP contribution >= 0.6 is 0 Å². The van der Waals surface area contributed by atoms with Gasteiger partial charge in [0, 0.05) is 5.56 Å². The lowest BCUT2D eigenvalue weighted by atomic mass is 10.0. The standard InChI is InChI=1S/C13H11F2NO4/c1-2-19-12(18)5-8-3-9(6-16)11(20-13(14)15)4-10(8)7-17/h3-4,7,13H,2,5H2,1H3. The number of benzene rings is 1. The van der Waals surface area contributed by atoms with Crippen LogP contribution in [0.5, 0.6) is 5.75 Å². The van der Waals surface area contributed by atoms with Crippen molar-refractivity contribution < 1.29 is 27.8 Å². The highest BCUT2D eigenvalue weighted by atomic mass is 19.3. The molecule has 0 spiro atoms. The molecule has 0 aliphatic heterocycles. The first kappa shape index (κ1) is 15.6. The molecule has 5 nitrogen and oxygen atoms in total. The molecule has 0 fully saturated rings. The fourth-order valence-electron chi connectivity index (χ4n) is 1.55. The zero-order valence-corrected chi connectivity index (χ0v) is 10.6. The Labute approximate surface area is 113 Å². The molecule has 0 saturated carbocycles. The molecule has 0 amide bonds. The lowest BCUT2D eigenvalue weighted by Gasteiger charge is -2.10. The van der Waals surface area contributed by atoms with Crippen LogP contribution < -0.4 is 4.74 Å². The topological polar surface area (TPSA) is 76.4 Å². The molecule has 106 valence electrons. The van der Waals surface area contributed by atoms with Gasteiger partial charge in [-0.2, -0.15) is 14.0 Å². The second-order valence-electron chi connectivity index (χ2n) is 3.64. The average molecular weight is 283 g/mol. The van der Waals surface area contributed by atoms with E-state index in [9.17, 15) is 18.4 Å². The number of aldehydes is 1. The SMILES string of the molecule is CCOC(=O)Cc1cc(C#N)c(OC(F)F)cc1C=O. The van der Waals surface area contributed by atoms with Crippen molar-refractivity contribution >= 4 is 12.3 Å². The van der Waals surface area contributed by atoms with Crippen LogP contribution in [0.1, 0.15) is 28.4 Å². The van der Waals surface area contributed by atoms with Crippen molar-refractivity contribution in [2.24, 2.45) is 0 Å². The van der Waals surface area contributed by atoms with Crippen molar-refractivity contribution in [1.82, 2.24) is 0 Å². The lowest BCUT2D eigenvalue weighted by Crippen LogP contribution is -2.11. The molecule has 0 heterocycles. The predicted molar refractivity (Wildman–Crippen MR) is 63.5 cm³/mol. The Hall–Kier alpha value is -2.49. The number of halogens is 2. The molecule has 0 N–H and O–H groups in total. The Bertz CT molecular complexity index is 552. The zero-order chi connectivity index (χ0) is 15.1. The van der Waals surface area contributed by atoms with E-state index in [1.165, 1.54) is 6.07 Å². The van der Waals surface area contributed by atoms with E-state index in [-0.39, 0.29) is 29.7 Å². The fourth-order valence-corrected chi connectivity index (χ4v) is 1.55. The van der Waals surface area contributed by atoms with E-state index in [2.05, 4.69) is 4.74 Å². The summed E-state index contributed by atoms with van der Waals surface area (Å²) in [5.74, 6) is -0.987. The molecule has 0 unspecified atom stereocenters. The molecule has 20 heavy (non-hydrogen) atoms. The molecule has 0 aromatic heterocycles. The highest BCUT2D eigenvalue weighted by Gasteiger charge is 2.16. The molecule has 1 rings (SSSR count). The molecule has 0 saturated heterocycles. The maximum absolute atomic E-state index is 12.2. The Morgan fingerprint density at radius 2 is 2.20 bits per heavy atom. The van der Waals surface area contributed by atoms with E-state index in [4.69, 9.17) is 10.00 Å². The summed E-state index contributed by atoms with van der Waals surface area (Å²) in [5.41, 5.74) is 0.0273. The van der Waals surface area contributed by atoms with E-state index in [1.54, 1.807) is 13.0 Å². The van der Waals surface area contributed by atoms with Gasteiger partial charge in [-0.05, 0) is 24.6 Å². The third-order valence-electron chi connectivity index (χ3n) is 2.35. The van der Waals surface area contributed by atoms with Crippen molar-refractivity contribution in [3.63, 3.8) is 0 Å². The van der Waals surface area contributed by atoms with Gasteiger partial charge in [-0.1, -0.05) is 0 Å².